The molecule has 0 aliphatic heterocycles. The van der Waals surface area contributed by atoms with Crippen LogP contribution >= 0.6 is 11.6 Å². The first-order chi connectivity index (χ1) is 10.2. The molecule has 0 spiro atoms. The first kappa shape index (κ1) is 13.3. The highest BCUT2D eigenvalue weighted by Crippen LogP contribution is 2.25. The van der Waals surface area contributed by atoms with Gasteiger partial charge in [-0.1, -0.05) is 11.6 Å². The van der Waals surface area contributed by atoms with Crippen LogP contribution in [0.5, 0.6) is 0 Å². The second kappa shape index (κ2) is 5.39. The summed E-state index contributed by atoms with van der Waals surface area (Å²) in [6, 6.07) is 16.9. The highest BCUT2D eigenvalue weighted by atomic mass is 35.5. The van der Waals surface area contributed by atoms with Crippen LogP contribution in [0.4, 0.5) is 4.39 Å². The van der Waals surface area contributed by atoms with Crippen molar-refractivity contribution < 1.29 is 4.39 Å². The maximum Gasteiger partial charge on any atom is 0.163 e. The minimum absolute atomic E-state index is 0.296. The predicted octanol–water partition coefficient (Wildman–Crippen LogP) is 4.20. The lowest BCUT2D eigenvalue weighted by Crippen LogP contribution is -1.99. The lowest BCUT2D eigenvalue weighted by atomic mass is 10.1. The maximum absolute atomic E-state index is 13.1. The van der Waals surface area contributed by atoms with Gasteiger partial charge >= 0.3 is 0 Å². The Balaban J connectivity index is 2.16. The fourth-order valence-electron chi connectivity index (χ4n) is 2.04. The smallest absolute Gasteiger partial charge is 0.163 e. The topological polar surface area (TPSA) is 41.6 Å². The van der Waals surface area contributed by atoms with Crippen LogP contribution in [0.25, 0.3) is 16.9 Å². The predicted molar refractivity (Wildman–Crippen MR) is 78.7 cm³/mol. The minimum Gasteiger partial charge on any atom is -0.232 e. The fraction of sp³-hybridized carbons (Fsp3) is 0. The number of nitrogens with zero attached hydrogens (tertiary/aromatic N) is 3. The van der Waals surface area contributed by atoms with Crippen molar-refractivity contribution in [1.29, 1.82) is 5.26 Å². The Kier molecular flexibility index (Phi) is 3.43. The number of hydrogen-bond donors (Lipinski definition) is 0. The fourth-order valence-corrected chi connectivity index (χ4v) is 2.17. The second-order valence-corrected chi connectivity index (χ2v) is 4.86. The van der Waals surface area contributed by atoms with Gasteiger partial charge < -0.3 is 0 Å². The SMILES string of the molecule is N#Cc1cc(-c2ccc(F)cc2)n(-c2ccc(Cl)cc2)n1. The molecule has 0 N–H and O–H groups in total. The highest BCUT2D eigenvalue weighted by Gasteiger charge is 2.11. The van der Waals surface area contributed by atoms with Crippen molar-refractivity contribution in [2.45, 2.75) is 0 Å². The van der Waals surface area contributed by atoms with Crippen molar-refractivity contribution in [3.8, 4) is 23.0 Å². The molecule has 1 heterocycles. The van der Waals surface area contributed by atoms with Crippen molar-refractivity contribution in [3.63, 3.8) is 0 Å². The molecule has 0 unspecified atom stereocenters. The van der Waals surface area contributed by atoms with E-state index < -0.39 is 0 Å². The molecule has 0 fully saturated rings. The summed E-state index contributed by atoms with van der Waals surface area (Å²) >= 11 is 5.88. The van der Waals surface area contributed by atoms with Gasteiger partial charge in [-0.3, -0.25) is 0 Å². The van der Waals surface area contributed by atoms with Gasteiger partial charge in [-0.2, -0.15) is 10.4 Å². The molecular weight excluding hydrogens is 289 g/mol. The molecule has 21 heavy (non-hydrogen) atoms. The number of aromatic nitrogens is 2. The number of halogens is 2. The van der Waals surface area contributed by atoms with Crippen LogP contribution < -0.4 is 0 Å². The largest absolute Gasteiger partial charge is 0.232 e. The Hall–Kier alpha value is -2.64. The lowest BCUT2D eigenvalue weighted by molar-refractivity contribution is 0.628. The minimum atomic E-state index is -0.309. The van der Waals surface area contributed by atoms with Crippen LogP contribution in [0.2, 0.25) is 5.02 Å². The monoisotopic (exact) mass is 297 g/mol. The van der Waals surface area contributed by atoms with Crippen molar-refractivity contribution in [1.82, 2.24) is 9.78 Å². The Labute approximate surface area is 125 Å². The normalized spacial score (nSPS) is 10.3. The molecule has 0 aliphatic carbocycles. The third-order valence-corrected chi connectivity index (χ3v) is 3.29. The summed E-state index contributed by atoms with van der Waals surface area (Å²) in [5.74, 6) is -0.309. The van der Waals surface area contributed by atoms with E-state index in [4.69, 9.17) is 16.9 Å². The molecule has 3 aromatic rings. The molecule has 3 rings (SSSR count). The van der Waals surface area contributed by atoms with E-state index >= 15 is 0 Å². The van der Waals surface area contributed by atoms with E-state index in [0.717, 1.165) is 11.3 Å². The maximum atomic E-state index is 13.1. The van der Waals surface area contributed by atoms with E-state index in [2.05, 4.69) is 5.10 Å². The van der Waals surface area contributed by atoms with Crippen LogP contribution in [0, 0.1) is 17.1 Å². The van der Waals surface area contributed by atoms with Gasteiger partial charge in [-0.25, -0.2) is 9.07 Å². The molecule has 0 saturated carbocycles. The van der Waals surface area contributed by atoms with Crippen LogP contribution in [0.15, 0.2) is 54.6 Å². The van der Waals surface area contributed by atoms with Crippen LogP contribution in [0.3, 0.4) is 0 Å². The molecular formula is C16H9ClFN3. The van der Waals surface area contributed by atoms with Gasteiger partial charge in [0.25, 0.3) is 0 Å². The van der Waals surface area contributed by atoms with Gasteiger partial charge in [0.1, 0.15) is 11.9 Å². The average molecular weight is 298 g/mol. The average Bonchev–Trinajstić information content (AvgIpc) is 2.93. The zero-order valence-corrected chi connectivity index (χ0v) is 11.5. The lowest BCUT2D eigenvalue weighted by Gasteiger charge is -2.07. The summed E-state index contributed by atoms with van der Waals surface area (Å²) in [6.45, 7) is 0. The zero-order chi connectivity index (χ0) is 14.8. The first-order valence-corrected chi connectivity index (χ1v) is 6.57. The van der Waals surface area contributed by atoms with Crippen LogP contribution in [0.1, 0.15) is 5.69 Å². The summed E-state index contributed by atoms with van der Waals surface area (Å²) < 4.78 is 14.7. The van der Waals surface area contributed by atoms with Gasteiger partial charge in [-0.05, 0) is 48.5 Å². The van der Waals surface area contributed by atoms with Crippen LogP contribution in [-0.4, -0.2) is 9.78 Å². The van der Waals surface area contributed by atoms with Gasteiger partial charge in [0.2, 0.25) is 0 Å². The highest BCUT2D eigenvalue weighted by molar-refractivity contribution is 6.30. The van der Waals surface area contributed by atoms with Gasteiger partial charge in [0, 0.05) is 16.7 Å². The summed E-state index contributed by atoms with van der Waals surface area (Å²) in [5, 5.41) is 13.9. The molecule has 0 radical (unpaired) electrons. The van der Waals surface area contributed by atoms with Crippen molar-refractivity contribution in [2.75, 3.05) is 0 Å². The molecule has 2 aromatic carbocycles. The summed E-state index contributed by atoms with van der Waals surface area (Å²) in [7, 11) is 0. The van der Waals surface area contributed by atoms with E-state index in [1.807, 2.05) is 18.2 Å². The van der Waals surface area contributed by atoms with Gasteiger partial charge in [0.05, 0.1) is 11.4 Å². The second-order valence-electron chi connectivity index (χ2n) is 4.42. The van der Waals surface area contributed by atoms with E-state index in [9.17, 15) is 4.39 Å². The zero-order valence-electron chi connectivity index (χ0n) is 10.8. The third kappa shape index (κ3) is 2.64. The van der Waals surface area contributed by atoms with E-state index in [1.54, 1.807) is 35.0 Å². The van der Waals surface area contributed by atoms with E-state index in [1.165, 1.54) is 12.1 Å². The molecule has 0 saturated heterocycles. The Bertz CT molecular complexity index is 751. The summed E-state index contributed by atoms with van der Waals surface area (Å²) in [4.78, 5) is 0. The number of benzene rings is 2. The molecule has 0 amide bonds. The molecule has 102 valence electrons. The van der Waals surface area contributed by atoms with Gasteiger partial charge in [-0.15, -0.1) is 0 Å². The van der Waals surface area contributed by atoms with E-state index in [-0.39, 0.29) is 5.82 Å². The Morgan fingerprint density at radius 2 is 1.71 bits per heavy atom. The Morgan fingerprint density at radius 1 is 1.05 bits per heavy atom. The van der Waals surface area contributed by atoms with Crippen LogP contribution in [-0.2, 0) is 0 Å². The molecule has 1 aromatic heterocycles. The molecule has 5 heteroatoms. The van der Waals surface area contributed by atoms with Gasteiger partial charge in [0.15, 0.2) is 5.69 Å². The summed E-state index contributed by atoms with van der Waals surface area (Å²) in [5.41, 5.74) is 2.57. The number of nitriles is 1. The number of hydrogen-bond acceptors (Lipinski definition) is 2. The molecule has 3 nitrogen and oxygen atoms in total. The summed E-state index contributed by atoms with van der Waals surface area (Å²) in [6.07, 6.45) is 0. The quantitative estimate of drug-likeness (QED) is 0.711. The van der Waals surface area contributed by atoms with Crippen molar-refractivity contribution in [3.05, 3.63) is 71.1 Å². The molecule has 0 bridgehead atoms. The standard InChI is InChI=1S/C16H9ClFN3/c17-12-3-7-15(8-4-12)21-16(9-14(10-19)20-21)11-1-5-13(18)6-2-11/h1-9H. The van der Waals surface area contributed by atoms with Crippen molar-refractivity contribution in [2.24, 2.45) is 0 Å². The van der Waals surface area contributed by atoms with Crippen molar-refractivity contribution >= 4 is 11.6 Å². The van der Waals surface area contributed by atoms with E-state index in [0.29, 0.717) is 16.4 Å². The third-order valence-electron chi connectivity index (χ3n) is 3.04. The molecule has 0 atom stereocenters. The molecule has 0 aliphatic rings. The number of rotatable bonds is 2. The first-order valence-electron chi connectivity index (χ1n) is 6.19. The Morgan fingerprint density at radius 3 is 2.33 bits per heavy atom.